The molecule has 2 saturated carbocycles. The van der Waals surface area contributed by atoms with E-state index in [1.807, 2.05) is 24.3 Å². The third-order valence-corrected chi connectivity index (χ3v) is 5.07. The number of carbonyl (C=O) groups is 1. The van der Waals surface area contributed by atoms with Crippen molar-refractivity contribution in [2.24, 2.45) is 17.6 Å². The van der Waals surface area contributed by atoms with Gasteiger partial charge in [0.2, 0.25) is 5.91 Å². The van der Waals surface area contributed by atoms with Crippen molar-refractivity contribution in [2.45, 2.75) is 44.7 Å². The predicted molar refractivity (Wildman–Crippen MR) is 84.9 cm³/mol. The van der Waals surface area contributed by atoms with Crippen molar-refractivity contribution in [3.8, 4) is 0 Å². The van der Waals surface area contributed by atoms with Gasteiger partial charge in [-0.1, -0.05) is 30.2 Å². The van der Waals surface area contributed by atoms with Crippen LogP contribution in [-0.4, -0.2) is 23.4 Å². The van der Waals surface area contributed by atoms with Gasteiger partial charge in [-0.25, -0.2) is 0 Å². The first-order chi connectivity index (χ1) is 10.2. The fraction of sp³-hybridized carbons (Fsp3) is 0.588. The quantitative estimate of drug-likeness (QED) is 0.908. The monoisotopic (exact) mass is 306 g/mol. The number of halogens is 1. The molecule has 1 amide bonds. The molecule has 0 bridgehead atoms. The lowest BCUT2D eigenvalue weighted by atomic mass is 9.94. The van der Waals surface area contributed by atoms with Gasteiger partial charge in [0.15, 0.2) is 0 Å². The number of carbonyl (C=O) groups excluding carboxylic acids is 1. The van der Waals surface area contributed by atoms with E-state index in [1.165, 1.54) is 0 Å². The topological polar surface area (TPSA) is 46.3 Å². The average Bonchev–Trinajstić information content (AvgIpc) is 3.22. The van der Waals surface area contributed by atoms with Crippen molar-refractivity contribution in [1.29, 1.82) is 0 Å². The van der Waals surface area contributed by atoms with E-state index in [2.05, 4.69) is 4.90 Å². The Hall–Kier alpha value is -1.06. The van der Waals surface area contributed by atoms with E-state index in [4.69, 9.17) is 17.3 Å². The molecule has 21 heavy (non-hydrogen) atoms. The zero-order chi connectivity index (χ0) is 14.8. The molecule has 0 aromatic heterocycles. The Morgan fingerprint density at radius 1 is 1.19 bits per heavy atom. The Labute approximate surface area is 131 Å². The minimum Gasteiger partial charge on any atom is -0.335 e. The van der Waals surface area contributed by atoms with Crippen molar-refractivity contribution in [3.63, 3.8) is 0 Å². The zero-order valence-electron chi connectivity index (χ0n) is 12.3. The minimum atomic E-state index is 0.142. The molecule has 0 spiro atoms. The summed E-state index contributed by atoms with van der Waals surface area (Å²) in [5.74, 6) is 0.840. The third-order valence-electron chi connectivity index (χ3n) is 4.82. The van der Waals surface area contributed by atoms with Gasteiger partial charge in [0, 0.05) is 23.5 Å². The van der Waals surface area contributed by atoms with Crippen molar-refractivity contribution >= 4 is 17.5 Å². The summed E-state index contributed by atoms with van der Waals surface area (Å²) in [6.45, 7) is 1.34. The zero-order valence-corrected chi connectivity index (χ0v) is 13.1. The molecule has 0 saturated heterocycles. The first kappa shape index (κ1) is 14.9. The average molecular weight is 307 g/mol. The van der Waals surface area contributed by atoms with Gasteiger partial charge in [-0.05, 0) is 55.8 Å². The van der Waals surface area contributed by atoms with Gasteiger partial charge in [-0.3, -0.25) is 4.79 Å². The number of nitrogens with zero attached hydrogens (tertiary/aromatic N) is 1. The molecule has 0 heterocycles. The second-order valence-electron chi connectivity index (χ2n) is 6.36. The lowest BCUT2D eigenvalue weighted by Crippen LogP contribution is -2.40. The van der Waals surface area contributed by atoms with Crippen LogP contribution in [0.25, 0.3) is 0 Å². The van der Waals surface area contributed by atoms with Crippen LogP contribution in [0.1, 0.15) is 37.7 Å². The number of nitrogens with two attached hydrogens (primary N) is 1. The fourth-order valence-corrected chi connectivity index (χ4v) is 3.54. The van der Waals surface area contributed by atoms with E-state index in [9.17, 15) is 4.79 Å². The molecule has 114 valence electrons. The van der Waals surface area contributed by atoms with Crippen LogP contribution >= 0.6 is 11.6 Å². The minimum absolute atomic E-state index is 0.142. The number of amides is 1. The Morgan fingerprint density at radius 3 is 2.52 bits per heavy atom. The molecule has 2 atom stereocenters. The van der Waals surface area contributed by atoms with Crippen molar-refractivity contribution in [3.05, 3.63) is 34.9 Å². The summed E-state index contributed by atoms with van der Waals surface area (Å²) >= 11 is 5.93. The summed E-state index contributed by atoms with van der Waals surface area (Å²) in [6, 6.07) is 8.25. The van der Waals surface area contributed by atoms with Gasteiger partial charge in [0.05, 0.1) is 0 Å². The second kappa shape index (κ2) is 6.37. The van der Waals surface area contributed by atoms with Gasteiger partial charge in [-0.15, -0.1) is 0 Å². The largest absolute Gasteiger partial charge is 0.335 e. The second-order valence-corrected chi connectivity index (χ2v) is 6.79. The SMILES string of the molecule is NC[C@H]1CCC[C@H]1C(=O)N(Cc1ccc(Cl)cc1)C1CC1. The van der Waals surface area contributed by atoms with Crippen LogP contribution < -0.4 is 5.73 Å². The van der Waals surface area contributed by atoms with E-state index in [0.29, 0.717) is 31.0 Å². The lowest BCUT2D eigenvalue weighted by Gasteiger charge is -2.28. The number of hydrogen-bond donors (Lipinski definition) is 1. The molecule has 3 rings (SSSR count). The molecule has 3 nitrogen and oxygen atoms in total. The molecule has 2 fully saturated rings. The molecular weight excluding hydrogens is 284 g/mol. The Bertz CT molecular complexity index is 498. The molecule has 2 N–H and O–H groups in total. The molecule has 4 heteroatoms. The number of hydrogen-bond acceptors (Lipinski definition) is 2. The third kappa shape index (κ3) is 3.41. The lowest BCUT2D eigenvalue weighted by molar-refractivity contribution is -0.137. The summed E-state index contributed by atoms with van der Waals surface area (Å²) in [6.07, 6.45) is 5.52. The molecule has 0 radical (unpaired) electrons. The molecule has 1 aromatic rings. The summed E-state index contributed by atoms with van der Waals surface area (Å²) in [5, 5.41) is 0.738. The maximum Gasteiger partial charge on any atom is 0.226 e. The summed E-state index contributed by atoms with van der Waals surface area (Å²) < 4.78 is 0. The normalized spacial score (nSPS) is 25.0. The first-order valence-electron chi connectivity index (χ1n) is 7.94. The van der Waals surface area contributed by atoms with Gasteiger partial charge < -0.3 is 10.6 Å². The van der Waals surface area contributed by atoms with E-state index >= 15 is 0 Å². The number of rotatable bonds is 5. The Kier molecular flexibility index (Phi) is 4.51. The Balaban J connectivity index is 1.72. The summed E-state index contributed by atoms with van der Waals surface area (Å²) in [7, 11) is 0. The molecule has 0 unspecified atom stereocenters. The van der Waals surface area contributed by atoms with E-state index < -0.39 is 0 Å². The molecular formula is C17H23ClN2O. The molecule has 2 aliphatic carbocycles. The fourth-order valence-electron chi connectivity index (χ4n) is 3.42. The van der Waals surface area contributed by atoms with Crippen LogP contribution in [-0.2, 0) is 11.3 Å². The predicted octanol–water partition coefficient (Wildman–Crippen LogP) is 3.21. The molecule has 0 aliphatic heterocycles. The highest BCUT2D eigenvalue weighted by molar-refractivity contribution is 6.30. The van der Waals surface area contributed by atoms with Crippen LogP contribution in [0.15, 0.2) is 24.3 Å². The first-order valence-corrected chi connectivity index (χ1v) is 8.32. The standard InChI is InChI=1S/C17H23ClN2O/c18-14-6-4-12(5-7-14)11-20(15-8-9-15)17(21)16-3-1-2-13(16)10-19/h4-7,13,15-16H,1-3,8-11,19H2/t13-,16-/m1/s1. The van der Waals surface area contributed by atoms with Crippen LogP contribution in [0.4, 0.5) is 0 Å². The number of benzene rings is 1. The highest BCUT2D eigenvalue weighted by atomic mass is 35.5. The molecule has 2 aliphatic rings. The maximum absolute atomic E-state index is 12.9. The Morgan fingerprint density at radius 2 is 1.90 bits per heavy atom. The van der Waals surface area contributed by atoms with E-state index in [0.717, 1.165) is 42.7 Å². The smallest absolute Gasteiger partial charge is 0.226 e. The van der Waals surface area contributed by atoms with Crippen molar-refractivity contribution in [1.82, 2.24) is 4.90 Å². The van der Waals surface area contributed by atoms with Crippen LogP contribution in [0.3, 0.4) is 0 Å². The van der Waals surface area contributed by atoms with E-state index in [1.54, 1.807) is 0 Å². The van der Waals surface area contributed by atoms with Crippen molar-refractivity contribution in [2.75, 3.05) is 6.54 Å². The summed E-state index contributed by atoms with van der Waals surface area (Å²) in [5.41, 5.74) is 6.99. The van der Waals surface area contributed by atoms with Crippen LogP contribution in [0.5, 0.6) is 0 Å². The van der Waals surface area contributed by atoms with Crippen LogP contribution in [0, 0.1) is 11.8 Å². The summed E-state index contributed by atoms with van der Waals surface area (Å²) in [4.78, 5) is 15.0. The maximum atomic E-state index is 12.9. The molecule has 1 aromatic carbocycles. The van der Waals surface area contributed by atoms with Gasteiger partial charge >= 0.3 is 0 Å². The van der Waals surface area contributed by atoms with Crippen molar-refractivity contribution < 1.29 is 4.79 Å². The van der Waals surface area contributed by atoms with E-state index in [-0.39, 0.29) is 5.92 Å². The van der Waals surface area contributed by atoms with Crippen LogP contribution in [0.2, 0.25) is 5.02 Å². The highest BCUT2D eigenvalue weighted by Gasteiger charge is 2.40. The van der Waals surface area contributed by atoms with Gasteiger partial charge in [0.25, 0.3) is 0 Å². The van der Waals surface area contributed by atoms with Gasteiger partial charge in [0.1, 0.15) is 0 Å². The van der Waals surface area contributed by atoms with Gasteiger partial charge in [-0.2, -0.15) is 0 Å². The highest BCUT2D eigenvalue weighted by Crippen LogP contribution is 2.36.